The molecule has 1 aromatic heterocycles. The first-order valence-electron chi connectivity index (χ1n) is 16.3. The van der Waals surface area contributed by atoms with Gasteiger partial charge in [0, 0.05) is 50.2 Å². The van der Waals surface area contributed by atoms with Crippen molar-refractivity contribution in [2.45, 2.75) is 106 Å². The molecule has 1 N–H and O–H groups in total. The zero-order valence-corrected chi connectivity index (χ0v) is 28.1. The van der Waals surface area contributed by atoms with Crippen molar-refractivity contribution in [3.63, 3.8) is 0 Å². The number of hydrogen-bond donors (Lipinski definition) is 1. The van der Waals surface area contributed by atoms with Gasteiger partial charge < -0.3 is 14.6 Å². The quantitative estimate of drug-likeness (QED) is 0.178. The number of benzene rings is 1. The van der Waals surface area contributed by atoms with Gasteiger partial charge in [-0.2, -0.15) is 0 Å². The number of carbonyl (C=O) groups excluding carboxylic acids is 5. The molecule has 3 rings (SSSR count). The third-order valence-electron chi connectivity index (χ3n) is 9.09. The summed E-state index contributed by atoms with van der Waals surface area (Å²) in [5.41, 5.74) is -0.100. The summed E-state index contributed by atoms with van der Waals surface area (Å²) in [5.74, 6) is -1.74. The van der Waals surface area contributed by atoms with Crippen LogP contribution in [0.5, 0.6) is 5.75 Å². The van der Waals surface area contributed by atoms with E-state index in [1.165, 1.54) is 6.42 Å². The van der Waals surface area contributed by atoms with E-state index in [4.69, 9.17) is 4.74 Å². The van der Waals surface area contributed by atoms with Crippen LogP contribution in [0.25, 0.3) is 0 Å². The van der Waals surface area contributed by atoms with Gasteiger partial charge in [-0.1, -0.05) is 66.7 Å². The first-order valence-corrected chi connectivity index (χ1v) is 16.3. The molecule has 1 fully saturated rings. The fourth-order valence-corrected chi connectivity index (χ4v) is 5.90. The summed E-state index contributed by atoms with van der Waals surface area (Å²) in [6, 6.07) is 5.93. The summed E-state index contributed by atoms with van der Waals surface area (Å²) in [5, 5.41) is 2.80. The lowest BCUT2D eigenvalue weighted by molar-refractivity contribution is -0.142. The van der Waals surface area contributed by atoms with E-state index >= 15 is 0 Å². The van der Waals surface area contributed by atoms with Crippen LogP contribution in [0.15, 0.2) is 36.7 Å². The van der Waals surface area contributed by atoms with Crippen LogP contribution in [0.4, 0.5) is 0 Å². The molecule has 1 heterocycles. The summed E-state index contributed by atoms with van der Waals surface area (Å²) < 4.78 is 7.65. The summed E-state index contributed by atoms with van der Waals surface area (Å²) in [6.07, 6.45) is 8.93. The third kappa shape index (κ3) is 10.5. The standard InChI is InChI=1S/C36H51N3O6/c1-23(2)28(34(43)32(42)19-25-11-9-8-10-12-25)20-30(40)24(3)38-35(44)29(36(4,5)6)21-31(41)26-13-15-27(16-14-26)45-22-33-37-17-18-39(33)7/h13-18,23-25,28-29H,8-12,19-22H2,1-7H3,(H,38,44)/t24-,28-,29+/m0/s1. The Bertz CT molecular complexity index is 1330. The molecule has 0 radical (unpaired) electrons. The molecule has 0 bridgehead atoms. The SMILES string of the molecule is CC(C)[C@H](CC(=O)[C@H](C)NC(=O)[C@@H](CC(=O)c1ccc(OCc2nccn2C)cc1)C(C)(C)C)C(=O)C(=O)CC1CCCCC1. The van der Waals surface area contributed by atoms with Crippen LogP contribution in [0.3, 0.4) is 0 Å². The van der Waals surface area contributed by atoms with Crippen LogP contribution in [-0.4, -0.2) is 44.6 Å². The Morgan fingerprint density at radius 3 is 2.18 bits per heavy atom. The average molecular weight is 622 g/mol. The fourth-order valence-electron chi connectivity index (χ4n) is 5.90. The maximum absolute atomic E-state index is 13.5. The minimum absolute atomic E-state index is 0.0352. The number of carbonyl (C=O) groups is 5. The first-order chi connectivity index (χ1) is 21.2. The highest BCUT2D eigenvalue weighted by molar-refractivity contribution is 6.38. The summed E-state index contributed by atoms with van der Waals surface area (Å²) in [4.78, 5) is 70.2. The average Bonchev–Trinajstić information content (AvgIpc) is 3.41. The molecule has 0 spiro atoms. The zero-order valence-electron chi connectivity index (χ0n) is 28.1. The molecule has 3 atom stereocenters. The van der Waals surface area contributed by atoms with Gasteiger partial charge in [0.25, 0.3) is 0 Å². The molecule has 0 aliphatic heterocycles. The van der Waals surface area contributed by atoms with Crippen LogP contribution in [-0.2, 0) is 32.8 Å². The van der Waals surface area contributed by atoms with Gasteiger partial charge in [0.1, 0.15) is 18.2 Å². The topological polar surface area (TPSA) is 124 Å². The Balaban J connectivity index is 1.58. The van der Waals surface area contributed by atoms with Crippen molar-refractivity contribution in [3.05, 3.63) is 48.0 Å². The number of aromatic nitrogens is 2. The van der Waals surface area contributed by atoms with E-state index in [1.54, 1.807) is 37.4 Å². The lowest BCUT2D eigenvalue weighted by atomic mass is 9.76. The Morgan fingerprint density at radius 1 is 0.978 bits per heavy atom. The van der Waals surface area contributed by atoms with Crippen molar-refractivity contribution in [1.29, 1.82) is 0 Å². The smallest absolute Gasteiger partial charge is 0.224 e. The van der Waals surface area contributed by atoms with E-state index in [1.807, 2.05) is 52.4 Å². The Hall–Kier alpha value is -3.62. The highest BCUT2D eigenvalue weighted by atomic mass is 16.5. The summed E-state index contributed by atoms with van der Waals surface area (Å²) in [6.45, 7) is 11.2. The van der Waals surface area contributed by atoms with Gasteiger partial charge in [-0.05, 0) is 48.4 Å². The van der Waals surface area contributed by atoms with Gasteiger partial charge in [0.15, 0.2) is 17.3 Å². The lowest BCUT2D eigenvalue weighted by Gasteiger charge is -2.30. The largest absolute Gasteiger partial charge is 0.486 e. The number of imidazole rings is 1. The minimum Gasteiger partial charge on any atom is -0.486 e. The van der Waals surface area contributed by atoms with Crippen molar-refractivity contribution in [2.75, 3.05) is 0 Å². The molecule has 2 aromatic rings. The molecule has 1 aliphatic carbocycles. The third-order valence-corrected chi connectivity index (χ3v) is 9.09. The fraction of sp³-hybridized carbons (Fsp3) is 0.611. The van der Waals surface area contributed by atoms with Gasteiger partial charge >= 0.3 is 0 Å². The molecule has 9 nitrogen and oxygen atoms in total. The van der Waals surface area contributed by atoms with E-state index in [0.717, 1.165) is 31.5 Å². The van der Waals surface area contributed by atoms with Crippen LogP contribution < -0.4 is 10.1 Å². The number of aryl methyl sites for hydroxylation is 1. The second-order valence-corrected chi connectivity index (χ2v) is 14.1. The molecule has 45 heavy (non-hydrogen) atoms. The molecule has 0 saturated heterocycles. The summed E-state index contributed by atoms with van der Waals surface area (Å²) >= 11 is 0. The molecule has 246 valence electrons. The van der Waals surface area contributed by atoms with Crippen molar-refractivity contribution in [2.24, 2.45) is 36.1 Å². The van der Waals surface area contributed by atoms with Gasteiger partial charge in [0.2, 0.25) is 11.7 Å². The molecule has 0 unspecified atom stereocenters. The maximum Gasteiger partial charge on any atom is 0.224 e. The van der Waals surface area contributed by atoms with Gasteiger partial charge in [-0.25, -0.2) is 4.98 Å². The molecular weight excluding hydrogens is 570 g/mol. The lowest BCUT2D eigenvalue weighted by Crippen LogP contribution is -2.46. The number of amides is 1. The van der Waals surface area contributed by atoms with Crippen molar-refractivity contribution >= 4 is 29.0 Å². The van der Waals surface area contributed by atoms with E-state index in [9.17, 15) is 24.0 Å². The summed E-state index contributed by atoms with van der Waals surface area (Å²) in [7, 11) is 1.89. The van der Waals surface area contributed by atoms with E-state index in [-0.39, 0.29) is 48.4 Å². The maximum atomic E-state index is 13.5. The Morgan fingerprint density at radius 2 is 1.62 bits per heavy atom. The number of hydrogen-bond acceptors (Lipinski definition) is 7. The highest BCUT2D eigenvalue weighted by Gasteiger charge is 2.36. The minimum atomic E-state index is -0.866. The molecule has 1 aromatic carbocycles. The molecule has 1 amide bonds. The van der Waals surface area contributed by atoms with Gasteiger partial charge in [-0.15, -0.1) is 0 Å². The van der Waals surface area contributed by atoms with Crippen LogP contribution in [0.2, 0.25) is 0 Å². The number of ether oxygens (including phenoxy) is 1. The Labute approximate surface area is 267 Å². The zero-order chi connectivity index (χ0) is 33.3. The van der Waals surface area contributed by atoms with E-state index in [0.29, 0.717) is 17.9 Å². The van der Waals surface area contributed by atoms with Crippen molar-refractivity contribution < 1.29 is 28.7 Å². The second-order valence-electron chi connectivity index (χ2n) is 14.1. The number of nitrogens with one attached hydrogen (secondary N) is 1. The Kier molecular flexibility index (Phi) is 12.8. The molecule has 1 saturated carbocycles. The monoisotopic (exact) mass is 621 g/mol. The number of ketones is 4. The normalized spacial score (nSPS) is 16.1. The molecule has 1 aliphatic rings. The van der Waals surface area contributed by atoms with Crippen LogP contribution >= 0.6 is 0 Å². The van der Waals surface area contributed by atoms with Gasteiger partial charge in [-0.3, -0.25) is 24.0 Å². The van der Waals surface area contributed by atoms with Crippen molar-refractivity contribution in [3.8, 4) is 5.75 Å². The number of nitrogens with zero attached hydrogens (tertiary/aromatic N) is 2. The molecule has 9 heteroatoms. The highest BCUT2D eigenvalue weighted by Crippen LogP contribution is 2.31. The van der Waals surface area contributed by atoms with E-state index in [2.05, 4.69) is 10.3 Å². The molecular formula is C36H51N3O6. The van der Waals surface area contributed by atoms with Gasteiger partial charge in [0.05, 0.1) is 12.0 Å². The van der Waals surface area contributed by atoms with Crippen molar-refractivity contribution in [1.82, 2.24) is 14.9 Å². The van der Waals surface area contributed by atoms with E-state index < -0.39 is 35.0 Å². The predicted octanol–water partition coefficient (Wildman–Crippen LogP) is 6.08. The number of rotatable bonds is 16. The van der Waals surface area contributed by atoms with Crippen LogP contribution in [0, 0.1) is 29.1 Å². The number of Topliss-reactive ketones (excluding diaryl/α,β-unsaturated/α-hetero) is 4. The first kappa shape index (κ1) is 35.9. The predicted molar refractivity (Wildman–Crippen MR) is 173 cm³/mol. The van der Waals surface area contributed by atoms with Crippen LogP contribution in [0.1, 0.15) is 109 Å². The second kappa shape index (κ2) is 16.1.